The number of halogens is 1. The third-order valence-corrected chi connectivity index (χ3v) is 10.6. The minimum absolute atomic E-state index is 0.00683. The van der Waals surface area contributed by atoms with Gasteiger partial charge in [-0.3, -0.25) is 9.69 Å². The van der Waals surface area contributed by atoms with Crippen LogP contribution < -0.4 is 4.90 Å². The van der Waals surface area contributed by atoms with Crippen LogP contribution in [0.5, 0.6) is 0 Å². The summed E-state index contributed by atoms with van der Waals surface area (Å²) in [4.78, 5) is 23.1. The molecule has 0 radical (unpaired) electrons. The molecule has 1 aliphatic rings. The van der Waals surface area contributed by atoms with E-state index in [9.17, 15) is 13.2 Å². The Kier molecular flexibility index (Phi) is 8.91. The molecule has 0 atom stereocenters. The van der Waals surface area contributed by atoms with Crippen LogP contribution >= 0.6 is 22.9 Å². The molecule has 1 fully saturated rings. The average Bonchev–Trinajstić information content (AvgIpc) is 3.35. The molecule has 1 amide bonds. The number of carbonyl (C=O) groups excluding carboxylic acids is 1. The van der Waals surface area contributed by atoms with Crippen LogP contribution in [-0.4, -0.2) is 67.8 Å². The second-order valence-electron chi connectivity index (χ2n) is 9.55. The zero-order valence-electron chi connectivity index (χ0n) is 21.9. The van der Waals surface area contributed by atoms with Gasteiger partial charge in [-0.05, 0) is 63.5 Å². The Hall–Kier alpha value is -2.04. The molecule has 10 heteroatoms. The number of hydrogen-bond acceptors (Lipinski definition) is 6. The maximum atomic E-state index is 13.9. The first-order valence-electron chi connectivity index (χ1n) is 12.8. The second kappa shape index (κ2) is 11.8. The van der Waals surface area contributed by atoms with Crippen molar-refractivity contribution in [3.63, 3.8) is 0 Å². The SMILES string of the molecule is CCN(CC)CCN(C(=O)C1CCN(S(=O)(=O)c2ccc(C)cc2)CC1)c1nc2c(C)ccc(Cl)c2s1. The monoisotopic (exact) mass is 562 g/mol. The first kappa shape index (κ1) is 28.0. The van der Waals surface area contributed by atoms with Gasteiger partial charge in [0.05, 0.1) is 20.1 Å². The molecule has 1 aromatic heterocycles. The molecule has 0 spiro atoms. The molecule has 0 unspecified atom stereocenters. The van der Waals surface area contributed by atoms with Crippen molar-refractivity contribution in [2.45, 2.75) is 45.4 Å². The van der Waals surface area contributed by atoms with Gasteiger partial charge in [0.15, 0.2) is 5.13 Å². The van der Waals surface area contributed by atoms with Gasteiger partial charge >= 0.3 is 0 Å². The number of sulfonamides is 1. The number of likely N-dealkylation sites (N-methyl/N-ethyl adjacent to an activating group) is 1. The molecule has 2 heterocycles. The van der Waals surface area contributed by atoms with Crippen LogP contribution in [0.1, 0.15) is 37.8 Å². The zero-order chi connectivity index (χ0) is 26.7. The van der Waals surface area contributed by atoms with E-state index in [-0.39, 0.29) is 11.8 Å². The Balaban J connectivity index is 1.54. The van der Waals surface area contributed by atoms with Crippen LogP contribution in [0, 0.1) is 19.8 Å². The van der Waals surface area contributed by atoms with Gasteiger partial charge < -0.3 is 4.90 Å². The summed E-state index contributed by atoms with van der Waals surface area (Å²) in [5, 5.41) is 1.29. The summed E-state index contributed by atoms with van der Waals surface area (Å²) in [6.07, 6.45) is 0.965. The molecule has 37 heavy (non-hydrogen) atoms. The van der Waals surface area contributed by atoms with Crippen LogP contribution in [0.2, 0.25) is 5.02 Å². The van der Waals surface area contributed by atoms with E-state index >= 15 is 0 Å². The Morgan fingerprint density at radius 1 is 1.05 bits per heavy atom. The van der Waals surface area contributed by atoms with E-state index in [1.807, 2.05) is 38.1 Å². The molecular formula is C27H35ClN4O3S2. The van der Waals surface area contributed by atoms with E-state index in [2.05, 4.69) is 18.7 Å². The normalized spacial score (nSPS) is 15.5. The number of piperidine rings is 1. The smallest absolute Gasteiger partial charge is 0.243 e. The highest BCUT2D eigenvalue weighted by Crippen LogP contribution is 2.37. The molecular weight excluding hydrogens is 528 g/mol. The van der Waals surface area contributed by atoms with Crippen molar-refractivity contribution in [3.8, 4) is 0 Å². The lowest BCUT2D eigenvalue weighted by atomic mass is 9.96. The number of aromatic nitrogens is 1. The molecule has 0 saturated carbocycles. The van der Waals surface area contributed by atoms with Crippen molar-refractivity contribution in [1.82, 2.24) is 14.2 Å². The Morgan fingerprint density at radius 2 is 1.70 bits per heavy atom. The van der Waals surface area contributed by atoms with Crippen molar-refractivity contribution in [1.29, 1.82) is 0 Å². The van der Waals surface area contributed by atoms with Gasteiger partial charge in [-0.1, -0.05) is 60.5 Å². The maximum Gasteiger partial charge on any atom is 0.243 e. The number of nitrogens with zero attached hydrogens (tertiary/aromatic N) is 4. The lowest BCUT2D eigenvalue weighted by molar-refractivity contribution is -0.123. The van der Waals surface area contributed by atoms with E-state index in [0.717, 1.165) is 41.0 Å². The maximum absolute atomic E-state index is 13.9. The van der Waals surface area contributed by atoms with Crippen LogP contribution in [0.3, 0.4) is 0 Å². The van der Waals surface area contributed by atoms with Crippen LogP contribution in [-0.2, 0) is 14.8 Å². The van der Waals surface area contributed by atoms with Gasteiger partial charge in [-0.15, -0.1) is 0 Å². The van der Waals surface area contributed by atoms with E-state index in [0.29, 0.717) is 47.5 Å². The molecule has 3 aromatic rings. The summed E-state index contributed by atoms with van der Waals surface area (Å²) in [5.74, 6) is -0.253. The Labute approximate surface area is 229 Å². The van der Waals surface area contributed by atoms with Gasteiger partial charge in [-0.25, -0.2) is 13.4 Å². The summed E-state index contributed by atoms with van der Waals surface area (Å²) in [6, 6.07) is 10.7. The molecule has 4 rings (SSSR count). The molecule has 7 nitrogen and oxygen atoms in total. The fraction of sp³-hybridized carbons (Fsp3) is 0.481. The third kappa shape index (κ3) is 6.01. The minimum Gasteiger partial charge on any atom is -0.302 e. The third-order valence-electron chi connectivity index (χ3n) is 7.18. The number of rotatable bonds is 9. The number of benzene rings is 2. The quantitative estimate of drug-likeness (QED) is 0.352. The summed E-state index contributed by atoms with van der Waals surface area (Å²) in [7, 11) is -3.58. The Morgan fingerprint density at radius 3 is 2.30 bits per heavy atom. The largest absolute Gasteiger partial charge is 0.302 e. The van der Waals surface area contributed by atoms with Crippen LogP contribution in [0.15, 0.2) is 41.3 Å². The first-order valence-corrected chi connectivity index (χ1v) is 15.4. The molecule has 1 saturated heterocycles. The number of aryl methyl sites for hydroxylation is 2. The van der Waals surface area contributed by atoms with Gasteiger partial charge in [0.2, 0.25) is 15.9 Å². The summed E-state index contributed by atoms with van der Waals surface area (Å²) >= 11 is 7.91. The van der Waals surface area contributed by atoms with Gasteiger partial charge in [0, 0.05) is 32.1 Å². The molecule has 0 bridgehead atoms. The lowest BCUT2D eigenvalue weighted by Gasteiger charge is -2.33. The average molecular weight is 563 g/mol. The van der Waals surface area contributed by atoms with Crippen molar-refractivity contribution in [3.05, 3.63) is 52.5 Å². The molecule has 0 aliphatic carbocycles. The first-order chi connectivity index (χ1) is 17.6. The molecule has 1 aliphatic heterocycles. The van der Waals surface area contributed by atoms with Crippen molar-refractivity contribution in [2.75, 3.05) is 44.2 Å². The fourth-order valence-corrected chi connectivity index (χ4v) is 7.53. The van der Waals surface area contributed by atoms with Crippen molar-refractivity contribution >= 4 is 54.2 Å². The van der Waals surface area contributed by atoms with Gasteiger partial charge in [-0.2, -0.15) is 4.31 Å². The van der Waals surface area contributed by atoms with E-state index in [4.69, 9.17) is 16.6 Å². The predicted molar refractivity (Wildman–Crippen MR) is 152 cm³/mol. The summed E-state index contributed by atoms with van der Waals surface area (Å²) < 4.78 is 28.7. The van der Waals surface area contributed by atoms with Gasteiger partial charge in [0.1, 0.15) is 0 Å². The van der Waals surface area contributed by atoms with E-state index in [1.165, 1.54) is 15.6 Å². The standard InChI is InChI=1S/C27H35ClN4O3S2/c1-5-30(6-2)17-18-32(27-29-24-20(4)9-12-23(28)25(24)36-27)26(33)21-13-15-31(16-14-21)37(34,35)22-10-7-19(3)8-11-22/h7-12,21H,5-6,13-18H2,1-4H3. The number of amides is 1. The second-order valence-corrected chi connectivity index (χ2v) is 12.9. The van der Waals surface area contributed by atoms with Crippen LogP contribution in [0.4, 0.5) is 5.13 Å². The zero-order valence-corrected chi connectivity index (χ0v) is 24.3. The molecule has 0 N–H and O–H groups in total. The molecule has 200 valence electrons. The summed E-state index contributed by atoms with van der Waals surface area (Å²) in [5.41, 5.74) is 2.86. The predicted octanol–water partition coefficient (Wildman–Crippen LogP) is 5.34. The highest BCUT2D eigenvalue weighted by atomic mass is 35.5. The van der Waals surface area contributed by atoms with E-state index < -0.39 is 10.0 Å². The number of carbonyl (C=O) groups is 1. The fourth-order valence-electron chi connectivity index (χ4n) is 4.71. The van der Waals surface area contributed by atoms with Gasteiger partial charge in [0.25, 0.3) is 0 Å². The number of anilines is 1. The summed E-state index contributed by atoms with van der Waals surface area (Å²) in [6.45, 7) is 11.9. The Bertz CT molecular complexity index is 1310. The number of hydrogen-bond donors (Lipinski definition) is 0. The highest BCUT2D eigenvalue weighted by Gasteiger charge is 2.35. The molecule has 2 aromatic carbocycles. The van der Waals surface area contributed by atoms with Crippen LogP contribution in [0.25, 0.3) is 10.2 Å². The topological polar surface area (TPSA) is 73.8 Å². The minimum atomic E-state index is -3.58. The highest BCUT2D eigenvalue weighted by molar-refractivity contribution is 7.89. The number of fused-ring (bicyclic) bond motifs is 1. The van der Waals surface area contributed by atoms with E-state index in [1.54, 1.807) is 17.0 Å². The number of thiazole rings is 1. The lowest BCUT2D eigenvalue weighted by Crippen LogP contribution is -2.46. The van der Waals surface area contributed by atoms with Crippen molar-refractivity contribution < 1.29 is 13.2 Å². The van der Waals surface area contributed by atoms with Crippen molar-refractivity contribution in [2.24, 2.45) is 5.92 Å².